The van der Waals surface area contributed by atoms with E-state index in [2.05, 4.69) is 59.3 Å². The van der Waals surface area contributed by atoms with E-state index in [1.54, 1.807) is 4.52 Å². The van der Waals surface area contributed by atoms with Gasteiger partial charge in [0.1, 0.15) is 5.69 Å². The molecule has 0 unspecified atom stereocenters. The smallest absolute Gasteiger partial charge is 0.235 e. The first kappa shape index (κ1) is 16.9. The third-order valence-corrected chi connectivity index (χ3v) is 5.16. The lowest BCUT2D eigenvalue weighted by Crippen LogP contribution is -2.11. The molecule has 136 valence electrons. The van der Waals surface area contributed by atoms with Crippen molar-refractivity contribution in [1.29, 1.82) is 0 Å². The highest BCUT2D eigenvalue weighted by atomic mass is 32.1. The van der Waals surface area contributed by atoms with Crippen molar-refractivity contribution in [3.05, 3.63) is 23.7 Å². The van der Waals surface area contributed by atoms with Crippen molar-refractivity contribution in [2.75, 3.05) is 0 Å². The standard InChI is InChI=1S/C17H22N8S/c1-6-7-24-9-11(10(2)22-24)14-20-21-16-25(14)23-15(26-16)12-8-13(19-18-12)17(3,4)5/h8-9H,6-7H2,1-5H3,(H,18,19). The minimum atomic E-state index is 0.0142. The van der Waals surface area contributed by atoms with Gasteiger partial charge in [-0.2, -0.15) is 19.8 Å². The quantitative estimate of drug-likeness (QED) is 0.594. The van der Waals surface area contributed by atoms with Crippen molar-refractivity contribution in [3.8, 4) is 22.1 Å². The first-order valence-corrected chi connectivity index (χ1v) is 9.51. The number of rotatable bonds is 4. The van der Waals surface area contributed by atoms with E-state index >= 15 is 0 Å². The monoisotopic (exact) mass is 370 g/mol. The van der Waals surface area contributed by atoms with Gasteiger partial charge in [0.2, 0.25) is 4.96 Å². The minimum absolute atomic E-state index is 0.0142. The Hall–Kier alpha value is -2.55. The van der Waals surface area contributed by atoms with Gasteiger partial charge in [0.05, 0.1) is 11.3 Å². The van der Waals surface area contributed by atoms with Gasteiger partial charge in [-0.15, -0.1) is 10.2 Å². The van der Waals surface area contributed by atoms with Gasteiger partial charge in [-0.3, -0.25) is 9.78 Å². The lowest BCUT2D eigenvalue weighted by molar-refractivity contribution is 0.567. The zero-order valence-electron chi connectivity index (χ0n) is 15.6. The second kappa shape index (κ2) is 6.01. The summed E-state index contributed by atoms with van der Waals surface area (Å²) in [6.07, 6.45) is 3.05. The van der Waals surface area contributed by atoms with Gasteiger partial charge in [0, 0.05) is 23.9 Å². The predicted molar refractivity (Wildman–Crippen MR) is 101 cm³/mol. The summed E-state index contributed by atoms with van der Waals surface area (Å²) in [5.41, 5.74) is 3.81. The van der Waals surface area contributed by atoms with Crippen LogP contribution in [0.4, 0.5) is 0 Å². The molecule has 8 nitrogen and oxygen atoms in total. The zero-order chi connectivity index (χ0) is 18.5. The van der Waals surface area contributed by atoms with Gasteiger partial charge in [0.25, 0.3) is 0 Å². The maximum Gasteiger partial charge on any atom is 0.235 e. The molecule has 9 heteroatoms. The van der Waals surface area contributed by atoms with Crippen LogP contribution in [0.1, 0.15) is 45.5 Å². The fourth-order valence-corrected chi connectivity index (χ4v) is 3.58. The molecule has 0 aromatic carbocycles. The lowest BCUT2D eigenvalue weighted by atomic mass is 9.92. The number of hydrogen-bond acceptors (Lipinski definition) is 6. The van der Waals surface area contributed by atoms with Crippen LogP contribution in [0.3, 0.4) is 0 Å². The average Bonchev–Trinajstić information content (AvgIpc) is 3.28. The van der Waals surface area contributed by atoms with Crippen molar-refractivity contribution in [2.24, 2.45) is 0 Å². The Balaban J connectivity index is 1.75. The highest BCUT2D eigenvalue weighted by Crippen LogP contribution is 2.30. The number of aryl methyl sites for hydroxylation is 2. The fourth-order valence-electron chi connectivity index (χ4n) is 2.78. The Morgan fingerprint density at radius 2 is 2.00 bits per heavy atom. The van der Waals surface area contributed by atoms with Crippen molar-refractivity contribution in [3.63, 3.8) is 0 Å². The molecule has 26 heavy (non-hydrogen) atoms. The van der Waals surface area contributed by atoms with Crippen LogP contribution in [0.2, 0.25) is 0 Å². The predicted octanol–water partition coefficient (Wildman–Crippen LogP) is 3.46. The van der Waals surface area contributed by atoms with E-state index in [0.29, 0.717) is 5.82 Å². The van der Waals surface area contributed by atoms with Crippen molar-refractivity contribution < 1.29 is 0 Å². The Labute approximate surface area is 155 Å². The molecule has 0 aliphatic carbocycles. The molecule has 0 amide bonds. The summed E-state index contributed by atoms with van der Waals surface area (Å²) in [4.78, 5) is 0.748. The van der Waals surface area contributed by atoms with Gasteiger partial charge in [0.15, 0.2) is 10.8 Å². The van der Waals surface area contributed by atoms with Crippen molar-refractivity contribution in [1.82, 2.24) is 39.8 Å². The SMILES string of the molecule is CCCn1cc(-c2nnc3sc(-c4cc(C(C)(C)C)[nH]n4)nn23)c(C)n1. The molecular weight excluding hydrogens is 348 g/mol. The minimum Gasteiger partial charge on any atom is -0.281 e. The Kier molecular flexibility index (Phi) is 3.91. The second-order valence-corrected chi connectivity index (χ2v) is 8.39. The number of aromatic nitrogens is 8. The number of aromatic amines is 1. The molecule has 0 saturated heterocycles. The van der Waals surface area contributed by atoms with E-state index in [1.807, 2.05) is 17.8 Å². The molecule has 0 radical (unpaired) electrons. The summed E-state index contributed by atoms with van der Waals surface area (Å²) in [5, 5.41) is 26.2. The van der Waals surface area contributed by atoms with Crippen LogP contribution in [-0.4, -0.2) is 39.8 Å². The summed E-state index contributed by atoms with van der Waals surface area (Å²) < 4.78 is 3.73. The van der Waals surface area contributed by atoms with Gasteiger partial charge < -0.3 is 0 Å². The molecule has 4 aromatic rings. The highest BCUT2D eigenvalue weighted by Gasteiger charge is 2.21. The van der Waals surface area contributed by atoms with Crippen LogP contribution in [0.25, 0.3) is 27.1 Å². The Morgan fingerprint density at radius 1 is 1.19 bits per heavy atom. The van der Waals surface area contributed by atoms with E-state index in [4.69, 9.17) is 5.10 Å². The fraction of sp³-hybridized carbons (Fsp3) is 0.471. The molecule has 0 atom stereocenters. The Bertz CT molecular complexity index is 1060. The van der Waals surface area contributed by atoms with Gasteiger partial charge in [-0.05, 0) is 19.4 Å². The maximum absolute atomic E-state index is 4.70. The molecule has 1 N–H and O–H groups in total. The summed E-state index contributed by atoms with van der Waals surface area (Å²) in [7, 11) is 0. The second-order valence-electron chi connectivity index (χ2n) is 7.43. The van der Waals surface area contributed by atoms with Crippen molar-refractivity contribution >= 4 is 16.3 Å². The first-order chi connectivity index (χ1) is 12.4. The number of nitrogens with zero attached hydrogens (tertiary/aromatic N) is 7. The summed E-state index contributed by atoms with van der Waals surface area (Å²) >= 11 is 1.48. The van der Waals surface area contributed by atoms with Crippen LogP contribution in [-0.2, 0) is 12.0 Å². The van der Waals surface area contributed by atoms with Gasteiger partial charge >= 0.3 is 0 Å². The van der Waals surface area contributed by atoms with E-state index in [0.717, 1.165) is 45.6 Å². The molecule has 0 aliphatic rings. The summed E-state index contributed by atoms with van der Waals surface area (Å²) in [5.74, 6) is 0.717. The summed E-state index contributed by atoms with van der Waals surface area (Å²) in [6, 6.07) is 2.05. The number of nitrogens with one attached hydrogen (secondary N) is 1. The van der Waals surface area contributed by atoms with Crippen LogP contribution in [0, 0.1) is 6.92 Å². The van der Waals surface area contributed by atoms with E-state index in [1.165, 1.54) is 11.3 Å². The number of fused-ring (bicyclic) bond motifs is 1. The number of H-pyrrole nitrogens is 1. The molecule has 4 rings (SSSR count). The largest absolute Gasteiger partial charge is 0.281 e. The number of hydrogen-bond donors (Lipinski definition) is 1. The molecule has 0 spiro atoms. The molecule has 0 bridgehead atoms. The molecule has 0 fully saturated rings. The highest BCUT2D eigenvalue weighted by molar-refractivity contribution is 7.19. The Morgan fingerprint density at radius 3 is 2.69 bits per heavy atom. The van der Waals surface area contributed by atoms with E-state index in [-0.39, 0.29) is 5.41 Å². The van der Waals surface area contributed by atoms with Crippen LogP contribution < -0.4 is 0 Å². The molecule has 0 aliphatic heterocycles. The topological polar surface area (TPSA) is 89.6 Å². The summed E-state index contributed by atoms with van der Waals surface area (Å²) in [6.45, 7) is 11.5. The molecular formula is C17H22N8S. The van der Waals surface area contributed by atoms with E-state index < -0.39 is 0 Å². The van der Waals surface area contributed by atoms with Crippen LogP contribution in [0.15, 0.2) is 12.3 Å². The zero-order valence-corrected chi connectivity index (χ0v) is 16.4. The van der Waals surface area contributed by atoms with Crippen LogP contribution >= 0.6 is 11.3 Å². The molecule has 4 heterocycles. The van der Waals surface area contributed by atoms with Gasteiger partial charge in [-0.25, -0.2) is 0 Å². The molecule has 4 aromatic heterocycles. The first-order valence-electron chi connectivity index (χ1n) is 8.69. The molecule has 0 saturated carbocycles. The maximum atomic E-state index is 4.70. The third-order valence-electron chi connectivity index (χ3n) is 4.24. The normalized spacial score (nSPS) is 12.3. The lowest BCUT2D eigenvalue weighted by Gasteiger charge is -2.14. The van der Waals surface area contributed by atoms with Crippen LogP contribution in [0.5, 0.6) is 0 Å². The van der Waals surface area contributed by atoms with Crippen molar-refractivity contribution in [2.45, 2.75) is 53.0 Å². The average molecular weight is 370 g/mol. The van der Waals surface area contributed by atoms with E-state index in [9.17, 15) is 0 Å². The third kappa shape index (κ3) is 2.82. The van der Waals surface area contributed by atoms with Gasteiger partial charge in [-0.1, -0.05) is 39.0 Å².